The van der Waals surface area contributed by atoms with Gasteiger partial charge in [0, 0.05) is 6.04 Å². The highest BCUT2D eigenvalue weighted by molar-refractivity contribution is 7.93. The minimum absolute atomic E-state index is 0.111. The van der Waals surface area contributed by atoms with E-state index in [1.165, 1.54) is 16.4 Å². The van der Waals surface area contributed by atoms with Gasteiger partial charge in [-0.25, -0.2) is 16.8 Å². The van der Waals surface area contributed by atoms with Crippen LogP contribution in [0.2, 0.25) is 0 Å². The first-order chi connectivity index (χ1) is 11.7. The number of anilines is 2. The minimum atomic E-state index is -3.81. The van der Waals surface area contributed by atoms with Crippen molar-refractivity contribution in [3.05, 3.63) is 54.1 Å². The Kier molecular flexibility index (Phi) is 4.51. The van der Waals surface area contributed by atoms with Crippen molar-refractivity contribution in [2.45, 2.75) is 30.7 Å². The van der Waals surface area contributed by atoms with E-state index in [2.05, 4.69) is 4.72 Å². The number of nitrogens with zero attached hydrogens (tertiary/aromatic N) is 1. The Labute approximate surface area is 148 Å². The van der Waals surface area contributed by atoms with E-state index >= 15 is 0 Å². The second-order valence-electron chi connectivity index (χ2n) is 6.23. The van der Waals surface area contributed by atoms with Crippen LogP contribution in [0, 0.1) is 6.92 Å². The summed E-state index contributed by atoms with van der Waals surface area (Å²) in [5.74, 6) is 0. The third-order valence-electron chi connectivity index (χ3n) is 3.95. The lowest BCUT2D eigenvalue weighted by atomic mass is 10.2. The van der Waals surface area contributed by atoms with Gasteiger partial charge in [0.2, 0.25) is 10.0 Å². The summed E-state index contributed by atoms with van der Waals surface area (Å²) in [6.45, 7) is 1.87. The molecule has 0 amide bonds. The SMILES string of the molecule is Cc1ccc(S(=O)(=O)Nc2ccccc2N(C2CC2)S(C)(=O)=O)cc1. The largest absolute Gasteiger partial charge is 0.277 e. The number of rotatable bonds is 6. The molecule has 2 aromatic carbocycles. The van der Waals surface area contributed by atoms with Crippen LogP contribution in [-0.2, 0) is 20.0 Å². The zero-order valence-electron chi connectivity index (χ0n) is 14.0. The molecule has 0 atom stereocenters. The van der Waals surface area contributed by atoms with Gasteiger partial charge in [0.1, 0.15) is 0 Å². The van der Waals surface area contributed by atoms with Crippen LogP contribution in [0.4, 0.5) is 11.4 Å². The highest BCUT2D eigenvalue weighted by Gasteiger charge is 2.36. The van der Waals surface area contributed by atoms with Gasteiger partial charge >= 0.3 is 0 Å². The van der Waals surface area contributed by atoms with Crippen molar-refractivity contribution in [1.29, 1.82) is 0 Å². The fraction of sp³-hybridized carbons (Fsp3) is 0.294. The predicted octanol–water partition coefficient (Wildman–Crippen LogP) is 2.72. The van der Waals surface area contributed by atoms with Crippen molar-refractivity contribution in [3.8, 4) is 0 Å². The molecule has 134 valence electrons. The van der Waals surface area contributed by atoms with Crippen molar-refractivity contribution in [2.24, 2.45) is 0 Å². The van der Waals surface area contributed by atoms with E-state index in [4.69, 9.17) is 0 Å². The number of aryl methyl sites for hydroxylation is 1. The lowest BCUT2D eigenvalue weighted by Crippen LogP contribution is -2.33. The Hall–Kier alpha value is -2.06. The molecule has 6 nitrogen and oxygen atoms in total. The van der Waals surface area contributed by atoms with Crippen LogP contribution in [-0.4, -0.2) is 29.1 Å². The molecule has 0 spiro atoms. The molecular formula is C17H20N2O4S2. The van der Waals surface area contributed by atoms with E-state index < -0.39 is 20.0 Å². The van der Waals surface area contributed by atoms with Crippen molar-refractivity contribution in [2.75, 3.05) is 15.3 Å². The molecule has 2 aromatic rings. The highest BCUT2D eigenvalue weighted by Crippen LogP contribution is 2.38. The molecule has 0 saturated heterocycles. The summed E-state index contributed by atoms with van der Waals surface area (Å²) in [6, 6.07) is 12.9. The van der Waals surface area contributed by atoms with E-state index in [9.17, 15) is 16.8 Å². The van der Waals surface area contributed by atoms with Gasteiger partial charge in [0.15, 0.2) is 0 Å². The second kappa shape index (κ2) is 6.34. The lowest BCUT2D eigenvalue weighted by Gasteiger charge is -2.25. The monoisotopic (exact) mass is 380 g/mol. The third-order valence-corrected chi connectivity index (χ3v) is 6.54. The van der Waals surface area contributed by atoms with E-state index in [0.29, 0.717) is 5.69 Å². The van der Waals surface area contributed by atoms with Crippen LogP contribution in [0.5, 0.6) is 0 Å². The molecule has 3 rings (SSSR count). The first-order valence-corrected chi connectivity index (χ1v) is 11.2. The number of benzene rings is 2. The lowest BCUT2D eigenvalue weighted by molar-refractivity contribution is 0.595. The van der Waals surface area contributed by atoms with Gasteiger partial charge in [0.25, 0.3) is 10.0 Å². The van der Waals surface area contributed by atoms with Gasteiger partial charge in [0.05, 0.1) is 22.5 Å². The van der Waals surface area contributed by atoms with Crippen molar-refractivity contribution < 1.29 is 16.8 Å². The van der Waals surface area contributed by atoms with Gasteiger partial charge in [-0.05, 0) is 44.0 Å². The molecule has 1 N–H and O–H groups in total. The standard InChI is InChI=1S/C17H20N2O4S2/c1-13-7-11-15(12-8-13)25(22,23)18-16-5-3-4-6-17(16)19(14-9-10-14)24(2,20)21/h3-8,11-12,14,18H,9-10H2,1-2H3. The molecule has 1 aliphatic rings. The van der Waals surface area contributed by atoms with E-state index in [1.807, 2.05) is 6.92 Å². The Balaban J connectivity index is 2.00. The van der Waals surface area contributed by atoms with Crippen LogP contribution in [0.1, 0.15) is 18.4 Å². The molecule has 1 aliphatic carbocycles. The van der Waals surface area contributed by atoms with Crippen molar-refractivity contribution in [1.82, 2.24) is 0 Å². The maximum absolute atomic E-state index is 12.6. The molecule has 0 heterocycles. The number of para-hydroxylation sites is 2. The zero-order valence-corrected chi connectivity index (χ0v) is 15.6. The maximum Gasteiger partial charge on any atom is 0.261 e. The van der Waals surface area contributed by atoms with Crippen LogP contribution in [0.15, 0.2) is 53.4 Å². The molecule has 0 bridgehead atoms. The Morgan fingerprint density at radius 1 is 0.960 bits per heavy atom. The third kappa shape index (κ3) is 3.96. The summed E-state index contributed by atoms with van der Waals surface area (Å²) in [5.41, 5.74) is 1.56. The van der Waals surface area contributed by atoms with E-state index in [0.717, 1.165) is 24.7 Å². The average Bonchev–Trinajstić information content (AvgIpc) is 3.33. The summed E-state index contributed by atoms with van der Waals surface area (Å²) in [4.78, 5) is 0.130. The molecule has 1 fully saturated rings. The molecule has 0 aromatic heterocycles. The van der Waals surface area contributed by atoms with Crippen LogP contribution in [0.25, 0.3) is 0 Å². The van der Waals surface area contributed by atoms with Crippen LogP contribution in [0.3, 0.4) is 0 Å². The van der Waals surface area contributed by atoms with Crippen molar-refractivity contribution >= 4 is 31.4 Å². The molecular weight excluding hydrogens is 360 g/mol. The number of hydrogen-bond donors (Lipinski definition) is 1. The first kappa shape index (κ1) is 17.8. The maximum atomic E-state index is 12.6. The minimum Gasteiger partial charge on any atom is -0.277 e. The van der Waals surface area contributed by atoms with Gasteiger partial charge in [-0.3, -0.25) is 9.03 Å². The average molecular weight is 380 g/mol. The number of nitrogens with one attached hydrogen (secondary N) is 1. The Morgan fingerprint density at radius 2 is 1.56 bits per heavy atom. The van der Waals surface area contributed by atoms with E-state index in [1.54, 1.807) is 36.4 Å². The summed E-state index contributed by atoms with van der Waals surface area (Å²) < 4.78 is 53.5. The summed E-state index contributed by atoms with van der Waals surface area (Å²) in [6.07, 6.45) is 2.68. The predicted molar refractivity (Wildman–Crippen MR) is 98.8 cm³/mol. The normalized spacial score (nSPS) is 15.0. The van der Waals surface area contributed by atoms with Crippen LogP contribution >= 0.6 is 0 Å². The number of hydrogen-bond acceptors (Lipinski definition) is 4. The molecule has 0 unspecified atom stereocenters. The molecule has 0 aliphatic heterocycles. The van der Waals surface area contributed by atoms with Gasteiger partial charge in [-0.15, -0.1) is 0 Å². The zero-order chi connectivity index (χ0) is 18.2. The summed E-state index contributed by atoms with van der Waals surface area (Å²) in [7, 11) is -7.31. The Bertz CT molecular complexity index is 980. The topological polar surface area (TPSA) is 83.6 Å². The first-order valence-electron chi connectivity index (χ1n) is 7.86. The second-order valence-corrected chi connectivity index (χ2v) is 9.77. The van der Waals surface area contributed by atoms with Gasteiger partial charge in [-0.2, -0.15) is 0 Å². The van der Waals surface area contributed by atoms with Gasteiger partial charge < -0.3 is 0 Å². The fourth-order valence-electron chi connectivity index (χ4n) is 2.63. The van der Waals surface area contributed by atoms with Crippen molar-refractivity contribution in [3.63, 3.8) is 0 Å². The molecule has 25 heavy (non-hydrogen) atoms. The summed E-state index contributed by atoms with van der Waals surface area (Å²) >= 11 is 0. The number of sulfonamides is 2. The smallest absolute Gasteiger partial charge is 0.261 e. The molecule has 0 radical (unpaired) electrons. The fourth-order valence-corrected chi connectivity index (χ4v) is 4.97. The highest BCUT2D eigenvalue weighted by atomic mass is 32.2. The quantitative estimate of drug-likeness (QED) is 0.835. The van der Waals surface area contributed by atoms with E-state index in [-0.39, 0.29) is 16.6 Å². The Morgan fingerprint density at radius 3 is 2.12 bits per heavy atom. The molecule has 8 heteroatoms. The van der Waals surface area contributed by atoms with Gasteiger partial charge in [-0.1, -0.05) is 29.8 Å². The summed E-state index contributed by atoms with van der Waals surface area (Å²) in [5, 5.41) is 0. The molecule has 1 saturated carbocycles. The van der Waals surface area contributed by atoms with Crippen LogP contribution < -0.4 is 9.03 Å².